The fourth-order valence-electron chi connectivity index (χ4n) is 1.29. The van der Waals surface area contributed by atoms with E-state index in [1.165, 1.54) is 5.69 Å². The maximum atomic E-state index is 4.20. The van der Waals surface area contributed by atoms with Gasteiger partial charge in [-0.05, 0) is 19.9 Å². The summed E-state index contributed by atoms with van der Waals surface area (Å²) in [5.41, 5.74) is 1.23. The lowest BCUT2D eigenvalue weighted by Crippen LogP contribution is -2.17. The molecule has 0 aliphatic carbocycles. The Balaban J connectivity index is 2.26. The Bertz CT molecular complexity index is 317. The molecule has 0 radical (unpaired) electrons. The second-order valence-corrected chi connectivity index (χ2v) is 2.99. The topological polar surface area (TPSA) is 29.9 Å². The van der Waals surface area contributed by atoms with Gasteiger partial charge in [-0.3, -0.25) is 4.68 Å². The molecule has 14 heavy (non-hydrogen) atoms. The van der Waals surface area contributed by atoms with Crippen LogP contribution >= 0.6 is 0 Å². The molecule has 3 nitrogen and oxygen atoms in total. The lowest BCUT2D eigenvalue weighted by atomic mass is 10.4. The highest BCUT2D eigenvalue weighted by molar-refractivity contribution is 5.00. The Kier molecular flexibility index (Phi) is 4.81. The van der Waals surface area contributed by atoms with Crippen molar-refractivity contribution in [3.05, 3.63) is 18.0 Å². The van der Waals surface area contributed by atoms with Crippen LogP contribution in [0.4, 0.5) is 0 Å². The Labute approximate surface area is 85.5 Å². The van der Waals surface area contributed by atoms with Gasteiger partial charge in [0.25, 0.3) is 0 Å². The summed E-state index contributed by atoms with van der Waals surface area (Å²) in [4.78, 5) is 0. The van der Waals surface area contributed by atoms with Gasteiger partial charge < -0.3 is 5.32 Å². The molecular formula is C11H17N3. The van der Waals surface area contributed by atoms with E-state index in [-0.39, 0.29) is 0 Å². The van der Waals surface area contributed by atoms with Crippen LogP contribution in [0.15, 0.2) is 12.3 Å². The fraction of sp³-hybridized carbons (Fsp3) is 0.545. The van der Waals surface area contributed by atoms with E-state index in [2.05, 4.69) is 29.2 Å². The Hall–Kier alpha value is -1.27. The van der Waals surface area contributed by atoms with Crippen LogP contribution in [0.5, 0.6) is 0 Å². The number of aromatic nitrogens is 2. The van der Waals surface area contributed by atoms with E-state index in [9.17, 15) is 0 Å². The molecule has 0 spiro atoms. The molecule has 0 saturated heterocycles. The number of aryl methyl sites for hydroxylation is 1. The lowest BCUT2D eigenvalue weighted by Gasteiger charge is -2.04. The molecule has 0 atom stereocenters. The van der Waals surface area contributed by atoms with E-state index >= 15 is 0 Å². The third kappa shape index (κ3) is 3.23. The molecule has 0 amide bonds. The maximum absolute atomic E-state index is 4.20. The number of rotatable bonds is 5. The minimum Gasteiger partial charge on any atom is -0.310 e. The van der Waals surface area contributed by atoms with Gasteiger partial charge in [-0.1, -0.05) is 0 Å². The van der Waals surface area contributed by atoms with Crippen LogP contribution in [0, 0.1) is 11.8 Å². The van der Waals surface area contributed by atoms with Gasteiger partial charge >= 0.3 is 0 Å². The van der Waals surface area contributed by atoms with Gasteiger partial charge in [0.2, 0.25) is 0 Å². The molecule has 1 N–H and O–H groups in total. The maximum Gasteiger partial charge on any atom is 0.0521 e. The molecule has 1 aromatic heterocycles. The SMILES string of the molecule is CC#CCCNCc1ccnn1CC. The molecule has 0 aromatic carbocycles. The normalized spacial score (nSPS) is 9.57. The van der Waals surface area contributed by atoms with E-state index < -0.39 is 0 Å². The molecule has 1 aromatic rings. The van der Waals surface area contributed by atoms with Crippen LogP contribution < -0.4 is 5.32 Å². The van der Waals surface area contributed by atoms with Gasteiger partial charge in [0.15, 0.2) is 0 Å². The average molecular weight is 191 g/mol. The molecule has 1 heterocycles. The van der Waals surface area contributed by atoms with Crippen molar-refractivity contribution in [2.24, 2.45) is 0 Å². The van der Waals surface area contributed by atoms with Gasteiger partial charge in [0.05, 0.1) is 5.69 Å². The first-order valence-corrected chi connectivity index (χ1v) is 4.99. The van der Waals surface area contributed by atoms with E-state index in [4.69, 9.17) is 0 Å². The second kappa shape index (κ2) is 6.22. The van der Waals surface area contributed by atoms with E-state index in [0.29, 0.717) is 0 Å². The van der Waals surface area contributed by atoms with Crippen molar-refractivity contribution < 1.29 is 0 Å². The number of hydrogen-bond acceptors (Lipinski definition) is 2. The van der Waals surface area contributed by atoms with Gasteiger partial charge in [-0.15, -0.1) is 11.8 Å². The van der Waals surface area contributed by atoms with E-state index in [1.54, 1.807) is 0 Å². The molecule has 0 saturated carbocycles. The zero-order chi connectivity index (χ0) is 10.2. The van der Waals surface area contributed by atoms with Gasteiger partial charge in [0.1, 0.15) is 0 Å². The zero-order valence-electron chi connectivity index (χ0n) is 8.88. The average Bonchev–Trinajstić information content (AvgIpc) is 2.65. The number of hydrogen-bond donors (Lipinski definition) is 1. The molecule has 0 fully saturated rings. The van der Waals surface area contributed by atoms with Crippen molar-refractivity contribution in [2.45, 2.75) is 33.4 Å². The van der Waals surface area contributed by atoms with Crippen molar-refractivity contribution in [3.8, 4) is 11.8 Å². The molecule has 1 rings (SSSR count). The van der Waals surface area contributed by atoms with E-state index in [0.717, 1.165) is 26.1 Å². The van der Waals surface area contributed by atoms with E-state index in [1.807, 2.05) is 23.9 Å². The predicted molar refractivity (Wildman–Crippen MR) is 57.7 cm³/mol. The summed E-state index contributed by atoms with van der Waals surface area (Å²) < 4.78 is 2.00. The van der Waals surface area contributed by atoms with Crippen LogP contribution in [0.25, 0.3) is 0 Å². The quantitative estimate of drug-likeness (QED) is 0.563. The van der Waals surface area contributed by atoms with Crippen molar-refractivity contribution >= 4 is 0 Å². The van der Waals surface area contributed by atoms with Crippen LogP contribution in [-0.2, 0) is 13.1 Å². The summed E-state index contributed by atoms with van der Waals surface area (Å²) in [6, 6.07) is 2.04. The lowest BCUT2D eigenvalue weighted by molar-refractivity contribution is 0.585. The summed E-state index contributed by atoms with van der Waals surface area (Å²) in [5, 5.41) is 7.53. The molecule has 0 bridgehead atoms. The van der Waals surface area contributed by atoms with Crippen LogP contribution in [0.3, 0.4) is 0 Å². The molecule has 0 aliphatic rings. The first-order chi connectivity index (χ1) is 6.88. The number of nitrogens with one attached hydrogen (secondary N) is 1. The summed E-state index contributed by atoms with van der Waals surface area (Å²) in [7, 11) is 0. The summed E-state index contributed by atoms with van der Waals surface area (Å²) >= 11 is 0. The third-order valence-corrected chi connectivity index (χ3v) is 2.01. The zero-order valence-corrected chi connectivity index (χ0v) is 8.88. The highest BCUT2D eigenvalue weighted by Crippen LogP contribution is 1.97. The minimum absolute atomic E-state index is 0.874. The smallest absolute Gasteiger partial charge is 0.0521 e. The highest BCUT2D eigenvalue weighted by Gasteiger charge is 1.98. The van der Waals surface area contributed by atoms with Gasteiger partial charge in [0, 0.05) is 32.3 Å². The summed E-state index contributed by atoms with van der Waals surface area (Å²) in [6.07, 6.45) is 2.75. The Morgan fingerprint density at radius 2 is 2.43 bits per heavy atom. The molecular weight excluding hydrogens is 174 g/mol. The third-order valence-electron chi connectivity index (χ3n) is 2.01. The van der Waals surface area contributed by atoms with Crippen molar-refractivity contribution in [1.29, 1.82) is 0 Å². The van der Waals surface area contributed by atoms with Crippen LogP contribution in [0.2, 0.25) is 0 Å². The first-order valence-electron chi connectivity index (χ1n) is 4.99. The fourth-order valence-corrected chi connectivity index (χ4v) is 1.29. The molecule has 0 unspecified atom stereocenters. The number of nitrogens with zero attached hydrogens (tertiary/aromatic N) is 2. The molecule has 0 aliphatic heterocycles. The molecule has 76 valence electrons. The van der Waals surface area contributed by atoms with Gasteiger partial charge in [-0.25, -0.2) is 0 Å². The largest absolute Gasteiger partial charge is 0.310 e. The van der Waals surface area contributed by atoms with Crippen molar-refractivity contribution in [2.75, 3.05) is 6.54 Å². The van der Waals surface area contributed by atoms with Crippen LogP contribution in [0.1, 0.15) is 26.0 Å². The standard InChI is InChI=1S/C11H17N3/c1-3-5-6-8-12-10-11-7-9-13-14(11)4-2/h7,9,12H,4,6,8,10H2,1-2H3. The second-order valence-electron chi connectivity index (χ2n) is 2.99. The molecule has 3 heteroatoms. The summed E-state index contributed by atoms with van der Waals surface area (Å²) in [5.74, 6) is 5.90. The monoisotopic (exact) mass is 191 g/mol. The van der Waals surface area contributed by atoms with Gasteiger partial charge in [-0.2, -0.15) is 5.10 Å². The van der Waals surface area contributed by atoms with Crippen molar-refractivity contribution in [1.82, 2.24) is 15.1 Å². The Morgan fingerprint density at radius 1 is 1.57 bits per heavy atom. The highest BCUT2D eigenvalue weighted by atomic mass is 15.3. The Morgan fingerprint density at radius 3 is 3.14 bits per heavy atom. The van der Waals surface area contributed by atoms with Crippen molar-refractivity contribution in [3.63, 3.8) is 0 Å². The predicted octanol–water partition coefficient (Wildman–Crippen LogP) is 1.41. The van der Waals surface area contributed by atoms with Crippen LogP contribution in [-0.4, -0.2) is 16.3 Å². The summed E-state index contributed by atoms with van der Waals surface area (Å²) in [6.45, 7) is 6.71. The first kappa shape index (κ1) is 10.8. The minimum atomic E-state index is 0.874.